The maximum atomic E-state index is 12.3. The highest BCUT2D eigenvalue weighted by atomic mass is 16.6. The van der Waals surface area contributed by atoms with Crippen LogP contribution in [0.15, 0.2) is 36.7 Å². The smallest absolute Gasteiger partial charge is 0.282 e. The van der Waals surface area contributed by atoms with Crippen LogP contribution >= 0.6 is 0 Å². The lowest BCUT2D eigenvalue weighted by Gasteiger charge is -2.16. The number of carbonyl (C=O) groups excluding carboxylic acids is 1. The molecule has 0 saturated carbocycles. The number of nitrogens with one attached hydrogen (secondary N) is 1. The van der Waals surface area contributed by atoms with Gasteiger partial charge in [-0.3, -0.25) is 14.9 Å². The van der Waals surface area contributed by atoms with Gasteiger partial charge in [0.05, 0.1) is 4.92 Å². The maximum absolute atomic E-state index is 12.3. The molecule has 0 unspecified atom stereocenters. The summed E-state index contributed by atoms with van der Waals surface area (Å²) >= 11 is 0. The van der Waals surface area contributed by atoms with Gasteiger partial charge in [0.25, 0.3) is 11.6 Å². The van der Waals surface area contributed by atoms with Gasteiger partial charge in [-0.15, -0.1) is 0 Å². The highest BCUT2D eigenvalue weighted by molar-refractivity contribution is 6.06. The molecular formula is C15H15N5O3. The van der Waals surface area contributed by atoms with E-state index in [1.807, 2.05) is 0 Å². The third-order valence-corrected chi connectivity index (χ3v) is 3.67. The van der Waals surface area contributed by atoms with Gasteiger partial charge < -0.3 is 10.2 Å². The second-order valence-electron chi connectivity index (χ2n) is 5.18. The lowest BCUT2D eigenvalue weighted by Crippen LogP contribution is -2.20. The topological polar surface area (TPSA) is 101 Å². The molecule has 8 heteroatoms. The number of nitrogens with zero attached hydrogens (tertiary/aromatic N) is 4. The van der Waals surface area contributed by atoms with Gasteiger partial charge in [0.2, 0.25) is 0 Å². The summed E-state index contributed by atoms with van der Waals surface area (Å²) in [7, 11) is 0. The van der Waals surface area contributed by atoms with Crippen molar-refractivity contribution in [1.29, 1.82) is 0 Å². The Morgan fingerprint density at radius 3 is 2.70 bits per heavy atom. The fourth-order valence-corrected chi connectivity index (χ4v) is 2.54. The molecule has 1 aromatic heterocycles. The monoisotopic (exact) mass is 313 g/mol. The lowest BCUT2D eigenvalue weighted by molar-refractivity contribution is -0.385. The summed E-state index contributed by atoms with van der Waals surface area (Å²) in [5.74, 6) is 0.504. The Morgan fingerprint density at radius 1 is 1.22 bits per heavy atom. The number of anilines is 2. The minimum absolute atomic E-state index is 0.00108. The third kappa shape index (κ3) is 3.25. The van der Waals surface area contributed by atoms with Crippen molar-refractivity contribution < 1.29 is 9.72 Å². The predicted octanol–water partition coefficient (Wildman–Crippen LogP) is 2.24. The molecule has 0 aliphatic carbocycles. The zero-order valence-corrected chi connectivity index (χ0v) is 12.3. The van der Waals surface area contributed by atoms with Crippen molar-refractivity contribution in [3.05, 3.63) is 52.3 Å². The molecule has 1 fully saturated rings. The van der Waals surface area contributed by atoms with Crippen LogP contribution in [0, 0.1) is 10.1 Å². The molecule has 2 heterocycles. The normalized spacial score (nSPS) is 13.8. The number of nitro groups is 1. The van der Waals surface area contributed by atoms with Crippen molar-refractivity contribution in [2.75, 3.05) is 23.3 Å². The van der Waals surface area contributed by atoms with E-state index in [4.69, 9.17) is 0 Å². The number of benzene rings is 1. The summed E-state index contributed by atoms with van der Waals surface area (Å²) in [6, 6.07) is 7.49. The molecular weight excluding hydrogens is 298 g/mol. The Balaban J connectivity index is 1.81. The van der Waals surface area contributed by atoms with E-state index in [-0.39, 0.29) is 11.3 Å². The summed E-state index contributed by atoms with van der Waals surface area (Å²) in [6.07, 6.45) is 3.60. The van der Waals surface area contributed by atoms with Crippen molar-refractivity contribution in [3.63, 3.8) is 0 Å². The molecule has 1 aliphatic heterocycles. The van der Waals surface area contributed by atoms with Gasteiger partial charge in [0.1, 0.15) is 23.5 Å². The Hall–Kier alpha value is -3.03. The molecule has 1 amide bonds. The second kappa shape index (κ2) is 6.39. The molecule has 0 bridgehead atoms. The average molecular weight is 313 g/mol. The Bertz CT molecular complexity index is 743. The molecule has 1 saturated heterocycles. The van der Waals surface area contributed by atoms with Crippen LogP contribution in [0.25, 0.3) is 0 Å². The van der Waals surface area contributed by atoms with E-state index < -0.39 is 10.8 Å². The van der Waals surface area contributed by atoms with Crippen LogP contribution in [0.5, 0.6) is 0 Å². The number of hydrogen-bond donors (Lipinski definition) is 1. The van der Waals surface area contributed by atoms with E-state index in [9.17, 15) is 14.9 Å². The predicted molar refractivity (Wildman–Crippen MR) is 84.5 cm³/mol. The molecule has 2 aromatic rings. The van der Waals surface area contributed by atoms with E-state index in [0.29, 0.717) is 5.82 Å². The van der Waals surface area contributed by atoms with Crippen molar-refractivity contribution in [3.8, 4) is 0 Å². The molecule has 1 aliphatic rings. The second-order valence-corrected chi connectivity index (χ2v) is 5.18. The van der Waals surface area contributed by atoms with Crippen molar-refractivity contribution in [1.82, 2.24) is 9.97 Å². The number of carbonyl (C=O) groups is 1. The first kappa shape index (κ1) is 14.9. The van der Waals surface area contributed by atoms with E-state index in [2.05, 4.69) is 20.2 Å². The zero-order chi connectivity index (χ0) is 16.2. The van der Waals surface area contributed by atoms with Crippen molar-refractivity contribution in [2.24, 2.45) is 0 Å². The molecule has 8 nitrogen and oxygen atoms in total. The van der Waals surface area contributed by atoms with E-state index in [0.717, 1.165) is 31.7 Å². The molecule has 0 radical (unpaired) electrons. The summed E-state index contributed by atoms with van der Waals surface area (Å²) in [5, 5.41) is 13.6. The maximum Gasteiger partial charge on any atom is 0.282 e. The molecule has 23 heavy (non-hydrogen) atoms. The minimum Gasteiger partial charge on any atom is -0.356 e. The summed E-state index contributed by atoms with van der Waals surface area (Å²) in [6.45, 7) is 1.85. The molecule has 0 atom stereocenters. The fraction of sp³-hybridized carbons (Fsp3) is 0.267. The Kier molecular flexibility index (Phi) is 4.13. The molecule has 1 N–H and O–H groups in total. The van der Waals surface area contributed by atoms with Crippen LogP contribution in [-0.4, -0.2) is 33.9 Å². The summed E-state index contributed by atoms with van der Waals surface area (Å²) < 4.78 is 0. The van der Waals surface area contributed by atoms with Gasteiger partial charge >= 0.3 is 0 Å². The molecule has 0 spiro atoms. The first-order valence-electron chi connectivity index (χ1n) is 7.27. The number of aromatic nitrogens is 2. The molecule has 118 valence electrons. The molecule has 3 rings (SSSR count). The van der Waals surface area contributed by atoms with Gasteiger partial charge in [-0.2, -0.15) is 0 Å². The average Bonchev–Trinajstić information content (AvgIpc) is 3.09. The highest BCUT2D eigenvalue weighted by Gasteiger charge is 2.20. The fourth-order valence-electron chi connectivity index (χ4n) is 2.54. The summed E-state index contributed by atoms with van der Waals surface area (Å²) in [4.78, 5) is 33.0. The van der Waals surface area contributed by atoms with Crippen molar-refractivity contribution >= 4 is 23.2 Å². The number of rotatable bonds is 4. The first-order chi connectivity index (χ1) is 11.1. The number of hydrogen-bond acceptors (Lipinski definition) is 6. The van der Waals surface area contributed by atoms with Gasteiger partial charge in [0.15, 0.2) is 0 Å². The number of amides is 1. The SMILES string of the molecule is O=C(Nc1cc(N2CCCC2)ncn1)c1ccccc1[N+](=O)[O-]. The van der Waals surface area contributed by atoms with Crippen LogP contribution in [0.1, 0.15) is 23.2 Å². The minimum atomic E-state index is -0.579. The van der Waals surface area contributed by atoms with Gasteiger partial charge in [0, 0.05) is 25.2 Å². The number of para-hydroxylation sites is 1. The van der Waals surface area contributed by atoms with E-state index >= 15 is 0 Å². The largest absolute Gasteiger partial charge is 0.356 e. The quantitative estimate of drug-likeness (QED) is 0.686. The molecule has 1 aromatic carbocycles. The summed E-state index contributed by atoms with van der Waals surface area (Å²) in [5.41, 5.74) is -0.238. The van der Waals surface area contributed by atoms with Crippen LogP contribution in [0.3, 0.4) is 0 Å². The van der Waals surface area contributed by atoms with E-state index in [1.165, 1.54) is 24.5 Å². The van der Waals surface area contributed by atoms with Crippen LogP contribution in [0.2, 0.25) is 0 Å². The van der Waals surface area contributed by atoms with Gasteiger partial charge in [-0.1, -0.05) is 12.1 Å². The lowest BCUT2D eigenvalue weighted by atomic mass is 10.1. The highest BCUT2D eigenvalue weighted by Crippen LogP contribution is 2.21. The van der Waals surface area contributed by atoms with Gasteiger partial charge in [-0.25, -0.2) is 9.97 Å². The number of nitro benzene ring substituents is 1. The van der Waals surface area contributed by atoms with Crippen LogP contribution in [0.4, 0.5) is 17.3 Å². The van der Waals surface area contributed by atoms with Crippen LogP contribution in [-0.2, 0) is 0 Å². The standard InChI is InChI=1S/C15H15N5O3/c21-15(11-5-1-2-6-12(11)20(22)23)18-13-9-14(17-10-16-13)19-7-3-4-8-19/h1-2,5-6,9-10H,3-4,7-8H2,(H,16,17,18,21). The Morgan fingerprint density at radius 2 is 1.96 bits per heavy atom. The Labute approximate surface area is 132 Å². The zero-order valence-electron chi connectivity index (χ0n) is 12.3. The third-order valence-electron chi connectivity index (χ3n) is 3.67. The van der Waals surface area contributed by atoms with Crippen LogP contribution < -0.4 is 10.2 Å². The van der Waals surface area contributed by atoms with E-state index in [1.54, 1.807) is 12.1 Å². The van der Waals surface area contributed by atoms with Gasteiger partial charge in [-0.05, 0) is 18.9 Å². The first-order valence-corrected chi connectivity index (χ1v) is 7.27. The van der Waals surface area contributed by atoms with Crippen molar-refractivity contribution in [2.45, 2.75) is 12.8 Å².